The van der Waals surface area contributed by atoms with Crippen LogP contribution in [0.15, 0.2) is 60.9 Å². The van der Waals surface area contributed by atoms with E-state index in [1.54, 1.807) is 18.3 Å². The van der Waals surface area contributed by atoms with Gasteiger partial charge in [0.25, 0.3) is 10.1 Å². The highest BCUT2D eigenvalue weighted by Crippen LogP contribution is 2.10. The van der Waals surface area contributed by atoms with Crippen molar-refractivity contribution in [2.75, 3.05) is 24.2 Å². The number of aromatic nitrogens is 2. The molecule has 3 aromatic rings. The van der Waals surface area contributed by atoms with Crippen LogP contribution in [0, 0.1) is 0 Å². The first kappa shape index (κ1) is 17.0. The maximum Gasteiger partial charge on any atom is 0.266 e. The number of fused-ring (bicyclic) bond motifs is 1. The van der Waals surface area contributed by atoms with Crippen LogP contribution in [0.25, 0.3) is 11.0 Å². The van der Waals surface area contributed by atoms with E-state index in [9.17, 15) is 8.42 Å². The van der Waals surface area contributed by atoms with Crippen LogP contribution < -0.4 is 4.90 Å². The maximum absolute atomic E-state index is 10.5. The van der Waals surface area contributed by atoms with Crippen LogP contribution in [-0.4, -0.2) is 42.3 Å². The third kappa shape index (κ3) is 5.72. The Kier molecular flexibility index (Phi) is 5.72. The molecule has 6 nitrogen and oxygen atoms in total. The van der Waals surface area contributed by atoms with Crippen molar-refractivity contribution >= 4 is 26.8 Å². The second-order valence-electron chi connectivity index (χ2n) is 4.96. The highest BCUT2D eigenvalue weighted by molar-refractivity contribution is 7.85. The molecule has 0 aliphatic carbocycles. The molecular weight excluding hydrogens is 314 g/mol. The molecule has 0 unspecified atom stereocenters. The summed E-state index contributed by atoms with van der Waals surface area (Å²) < 4.78 is 29.6. The molecule has 0 radical (unpaired) electrons. The fraction of sp³-hybridized carbons (Fsp3) is 0.188. The van der Waals surface area contributed by atoms with Gasteiger partial charge in [-0.2, -0.15) is 8.42 Å². The van der Waals surface area contributed by atoms with E-state index in [0.717, 1.165) is 16.7 Å². The van der Waals surface area contributed by atoms with Crippen LogP contribution in [0.1, 0.15) is 0 Å². The number of nitrogens with one attached hydrogen (secondary N) is 1. The van der Waals surface area contributed by atoms with Gasteiger partial charge < -0.3 is 9.88 Å². The minimum atomic E-state index is -3.87. The SMILES string of the molecule is CN(CCS(=O)(=O)O)c1ccccc1.c1ccc2[nH]cnc2c1. The van der Waals surface area contributed by atoms with Crippen molar-refractivity contribution in [2.45, 2.75) is 0 Å². The summed E-state index contributed by atoms with van der Waals surface area (Å²) in [6.45, 7) is 0.281. The lowest BCUT2D eigenvalue weighted by Gasteiger charge is -2.17. The average molecular weight is 333 g/mol. The summed E-state index contributed by atoms with van der Waals surface area (Å²) in [7, 11) is -2.09. The van der Waals surface area contributed by atoms with Crippen LogP contribution in [0.4, 0.5) is 5.69 Å². The highest BCUT2D eigenvalue weighted by Gasteiger charge is 2.07. The Hall–Kier alpha value is -2.38. The van der Waals surface area contributed by atoms with Gasteiger partial charge in [0, 0.05) is 19.3 Å². The molecule has 23 heavy (non-hydrogen) atoms. The van der Waals surface area contributed by atoms with Crippen LogP contribution >= 0.6 is 0 Å². The lowest BCUT2D eigenvalue weighted by molar-refractivity contribution is 0.483. The zero-order valence-electron chi connectivity index (χ0n) is 12.8. The van der Waals surface area contributed by atoms with Crippen molar-refractivity contribution in [1.29, 1.82) is 0 Å². The van der Waals surface area contributed by atoms with Crippen LogP contribution in [-0.2, 0) is 10.1 Å². The number of hydrogen-bond acceptors (Lipinski definition) is 4. The van der Waals surface area contributed by atoms with Crippen molar-refractivity contribution in [3.63, 3.8) is 0 Å². The highest BCUT2D eigenvalue weighted by atomic mass is 32.2. The molecule has 0 saturated heterocycles. The molecule has 0 amide bonds. The number of aromatic amines is 1. The van der Waals surface area contributed by atoms with Crippen molar-refractivity contribution in [1.82, 2.24) is 9.97 Å². The standard InChI is InChI=1S/C9H13NO3S.C7H6N2/c1-10(7-8-14(11,12)13)9-5-3-2-4-6-9;1-2-4-7-6(3-1)8-5-9-7/h2-6H,7-8H2,1H3,(H,11,12,13);1-5H,(H,8,9). The van der Waals surface area contributed by atoms with E-state index in [2.05, 4.69) is 9.97 Å². The Morgan fingerprint density at radius 3 is 2.39 bits per heavy atom. The van der Waals surface area contributed by atoms with Gasteiger partial charge in [0.15, 0.2) is 0 Å². The molecule has 0 bridgehead atoms. The van der Waals surface area contributed by atoms with Gasteiger partial charge in [0.05, 0.1) is 23.1 Å². The second kappa shape index (κ2) is 7.75. The predicted molar refractivity (Wildman–Crippen MR) is 92.2 cm³/mol. The zero-order chi connectivity index (χ0) is 16.7. The molecule has 0 atom stereocenters. The fourth-order valence-electron chi connectivity index (χ4n) is 1.94. The van der Waals surface area contributed by atoms with Gasteiger partial charge in [-0.3, -0.25) is 4.55 Å². The van der Waals surface area contributed by atoms with E-state index in [0.29, 0.717) is 0 Å². The smallest absolute Gasteiger partial charge is 0.266 e. The maximum atomic E-state index is 10.5. The van der Waals surface area contributed by atoms with Crippen LogP contribution in [0.5, 0.6) is 0 Å². The molecule has 0 saturated carbocycles. The number of hydrogen-bond donors (Lipinski definition) is 2. The lowest BCUT2D eigenvalue weighted by Crippen LogP contribution is -2.24. The Morgan fingerprint density at radius 1 is 1.09 bits per heavy atom. The van der Waals surface area contributed by atoms with E-state index in [1.165, 1.54) is 0 Å². The van der Waals surface area contributed by atoms with Gasteiger partial charge in [-0.15, -0.1) is 0 Å². The molecule has 0 aliphatic heterocycles. The Morgan fingerprint density at radius 2 is 1.74 bits per heavy atom. The van der Waals surface area contributed by atoms with Gasteiger partial charge in [0.2, 0.25) is 0 Å². The van der Waals surface area contributed by atoms with Gasteiger partial charge >= 0.3 is 0 Å². The molecule has 1 aromatic heterocycles. The Balaban J connectivity index is 0.000000182. The van der Waals surface area contributed by atoms with Gasteiger partial charge in [-0.1, -0.05) is 30.3 Å². The third-order valence-corrected chi connectivity index (χ3v) is 3.91. The zero-order valence-corrected chi connectivity index (χ0v) is 13.6. The van der Waals surface area contributed by atoms with Crippen molar-refractivity contribution in [3.05, 3.63) is 60.9 Å². The third-order valence-electron chi connectivity index (χ3n) is 3.21. The number of nitrogens with zero attached hydrogens (tertiary/aromatic N) is 2. The van der Waals surface area contributed by atoms with Crippen molar-refractivity contribution in [3.8, 4) is 0 Å². The summed E-state index contributed by atoms with van der Waals surface area (Å²) in [6, 6.07) is 17.3. The van der Waals surface area contributed by atoms with E-state index in [4.69, 9.17) is 4.55 Å². The second-order valence-corrected chi connectivity index (χ2v) is 6.53. The van der Waals surface area contributed by atoms with E-state index < -0.39 is 10.1 Å². The number of imidazole rings is 1. The summed E-state index contributed by atoms with van der Waals surface area (Å²) in [6.07, 6.45) is 1.70. The van der Waals surface area contributed by atoms with E-state index >= 15 is 0 Å². The summed E-state index contributed by atoms with van der Waals surface area (Å²) in [5.74, 6) is -0.252. The number of anilines is 1. The molecule has 0 spiro atoms. The topological polar surface area (TPSA) is 86.3 Å². The average Bonchev–Trinajstić information content (AvgIpc) is 3.02. The molecular formula is C16H19N3O3S. The molecule has 3 rings (SSSR count). The number of rotatable bonds is 4. The minimum Gasteiger partial charge on any atom is -0.373 e. The van der Waals surface area contributed by atoms with Crippen molar-refractivity contribution in [2.24, 2.45) is 0 Å². The first-order chi connectivity index (χ1) is 11.0. The Bertz CT molecular complexity index is 802. The van der Waals surface area contributed by atoms with E-state index in [1.807, 2.05) is 54.6 Å². The largest absolute Gasteiger partial charge is 0.373 e. The summed E-state index contributed by atoms with van der Waals surface area (Å²) in [5.41, 5.74) is 3.05. The number of para-hydroxylation sites is 3. The predicted octanol–water partition coefficient (Wildman–Crippen LogP) is 2.57. The lowest BCUT2D eigenvalue weighted by atomic mass is 10.3. The molecule has 122 valence electrons. The van der Waals surface area contributed by atoms with Gasteiger partial charge in [-0.25, -0.2) is 4.98 Å². The first-order valence-corrected chi connectivity index (χ1v) is 8.66. The molecule has 1 heterocycles. The number of H-pyrrole nitrogens is 1. The molecule has 2 aromatic carbocycles. The van der Waals surface area contributed by atoms with Crippen molar-refractivity contribution < 1.29 is 13.0 Å². The molecule has 0 fully saturated rings. The first-order valence-electron chi connectivity index (χ1n) is 7.05. The number of benzene rings is 2. The molecule has 0 aliphatic rings. The van der Waals surface area contributed by atoms with Crippen LogP contribution in [0.2, 0.25) is 0 Å². The van der Waals surface area contributed by atoms with E-state index in [-0.39, 0.29) is 12.3 Å². The summed E-state index contributed by atoms with van der Waals surface area (Å²) >= 11 is 0. The molecule has 7 heteroatoms. The monoisotopic (exact) mass is 333 g/mol. The summed E-state index contributed by atoms with van der Waals surface area (Å²) in [4.78, 5) is 8.84. The summed E-state index contributed by atoms with van der Waals surface area (Å²) in [5, 5.41) is 0. The quantitative estimate of drug-likeness (QED) is 0.717. The minimum absolute atomic E-state index is 0.252. The normalized spacial score (nSPS) is 10.9. The fourth-order valence-corrected chi connectivity index (χ4v) is 2.45. The molecule has 2 N–H and O–H groups in total. The van der Waals surface area contributed by atoms with Gasteiger partial charge in [-0.05, 0) is 24.3 Å². The van der Waals surface area contributed by atoms with Gasteiger partial charge in [0.1, 0.15) is 0 Å². The van der Waals surface area contributed by atoms with Crippen LogP contribution in [0.3, 0.4) is 0 Å². The Labute approximate surface area is 135 Å².